The lowest BCUT2D eigenvalue weighted by molar-refractivity contribution is -0.128. The Kier molecular flexibility index (Phi) is 4.25. The van der Waals surface area contributed by atoms with Crippen molar-refractivity contribution in [2.45, 2.75) is 70.9 Å². The molecule has 4 nitrogen and oxygen atoms in total. The molecule has 0 heterocycles. The number of hydrogen-bond donors (Lipinski definition) is 3. The van der Waals surface area contributed by atoms with E-state index in [4.69, 9.17) is 4.74 Å². The highest BCUT2D eigenvalue weighted by molar-refractivity contribution is 5.06. The lowest BCUT2D eigenvalue weighted by atomic mass is 9.84. The molecule has 4 heteroatoms. The summed E-state index contributed by atoms with van der Waals surface area (Å²) in [7, 11) is 0. The van der Waals surface area contributed by atoms with E-state index in [1.54, 1.807) is 13.8 Å². The van der Waals surface area contributed by atoms with Gasteiger partial charge in [0.15, 0.2) is 0 Å². The van der Waals surface area contributed by atoms with Crippen LogP contribution in [-0.4, -0.2) is 45.3 Å². The Hall–Kier alpha value is -0.160. The number of ether oxygens (including phenoxy) is 1. The third-order valence-electron chi connectivity index (χ3n) is 4.99. The van der Waals surface area contributed by atoms with Crippen molar-refractivity contribution in [2.75, 3.05) is 6.61 Å². The molecule has 0 amide bonds. The van der Waals surface area contributed by atoms with E-state index >= 15 is 0 Å². The minimum Gasteiger partial charge on any atom is -0.396 e. The van der Waals surface area contributed by atoms with Gasteiger partial charge in [-0.05, 0) is 53.4 Å². The van der Waals surface area contributed by atoms with Gasteiger partial charge in [-0.2, -0.15) is 0 Å². The Morgan fingerprint density at radius 3 is 2.15 bits per heavy atom. The minimum atomic E-state index is -0.870. The van der Waals surface area contributed by atoms with Gasteiger partial charge in [-0.25, -0.2) is 0 Å². The van der Waals surface area contributed by atoms with Gasteiger partial charge >= 0.3 is 0 Å². The molecule has 0 aromatic carbocycles. The predicted octanol–water partition coefficient (Wildman–Crippen LogP) is 1.57. The van der Waals surface area contributed by atoms with Crippen LogP contribution in [0.15, 0.2) is 0 Å². The van der Waals surface area contributed by atoms with E-state index in [0.29, 0.717) is 5.92 Å². The van der Waals surface area contributed by atoms with Gasteiger partial charge in [0.1, 0.15) is 0 Å². The molecule has 0 spiro atoms. The van der Waals surface area contributed by atoms with E-state index in [0.717, 1.165) is 12.8 Å². The molecule has 20 heavy (non-hydrogen) atoms. The van der Waals surface area contributed by atoms with Crippen LogP contribution in [0.4, 0.5) is 0 Å². The fraction of sp³-hybridized carbons (Fsp3) is 1.00. The van der Waals surface area contributed by atoms with Crippen LogP contribution in [0.25, 0.3) is 0 Å². The second kappa shape index (κ2) is 5.24. The smallest absolute Gasteiger partial charge is 0.0687 e. The summed E-state index contributed by atoms with van der Waals surface area (Å²) in [5, 5.41) is 30.5. The van der Waals surface area contributed by atoms with Gasteiger partial charge in [-0.15, -0.1) is 0 Å². The number of rotatable bonds is 3. The molecule has 0 bridgehead atoms. The van der Waals surface area contributed by atoms with Gasteiger partial charge in [0.25, 0.3) is 0 Å². The first kappa shape index (κ1) is 16.2. The molecule has 2 saturated carbocycles. The van der Waals surface area contributed by atoms with Crippen LogP contribution in [0.5, 0.6) is 0 Å². The molecule has 2 aliphatic carbocycles. The third-order valence-corrected chi connectivity index (χ3v) is 4.99. The van der Waals surface area contributed by atoms with Gasteiger partial charge in [0.05, 0.1) is 23.4 Å². The highest BCUT2D eigenvalue weighted by Crippen LogP contribution is 2.53. The fourth-order valence-electron chi connectivity index (χ4n) is 4.19. The highest BCUT2D eigenvalue weighted by Gasteiger charge is 2.57. The standard InChI is InChI=1S/C16H30O4/c1-15(2,3)20-14-10(8-17)6-9-7-11(16(4,5)19)13(18)12(9)14/h9-14,17-19H,6-8H2,1-5H3/t9-,10+,11-,12-,13+,14+/m1/s1. The number of aliphatic hydroxyl groups excluding tert-OH is 2. The number of aliphatic hydroxyl groups is 3. The lowest BCUT2D eigenvalue weighted by Crippen LogP contribution is -2.44. The first-order chi connectivity index (χ1) is 9.04. The summed E-state index contributed by atoms with van der Waals surface area (Å²) in [6, 6.07) is 0. The van der Waals surface area contributed by atoms with Crippen molar-refractivity contribution in [3.63, 3.8) is 0 Å². The maximum atomic E-state index is 10.7. The SMILES string of the molecule is CC(C)(C)O[C@H]1[C@H](CO)C[C@@H]2C[C@@H](C(C)(C)O)[C@H](O)[C@@H]21. The number of fused-ring (bicyclic) bond motifs is 1. The Morgan fingerprint density at radius 2 is 1.70 bits per heavy atom. The molecular weight excluding hydrogens is 256 g/mol. The topological polar surface area (TPSA) is 69.9 Å². The summed E-state index contributed by atoms with van der Waals surface area (Å²) in [6.07, 6.45) is 1.03. The Labute approximate surface area is 122 Å². The van der Waals surface area contributed by atoms with E-state index in [9.17, 15) is 15.3 Å². The summed E-state index contributed by atoms with van der Waals surface area (Å²) in [4.78, 5) is 0. The monoisotopic (exact) mass is 286 g/mol. The minimum absolute atomic E-state index is 0.0304. The van der Waals surface area contributed by atoms with Crippen LogP contribution in [0.2, 0.25) is 0 Å². The van der Waals surface area contributed by atoms with E-state index in [1.807, 2.05) is 20.8 Å². The van der Waals surface area contributed by atoms with Crippen molar-refractivity contribution in [2.24, 2.45) is 23.7 Å². The zero-order valence-electron chi connectivity index (χ0n) is 13.3. The second-order valence-corrected chi connectivity index (χ2v) is 8.20. The molecule has 0 aliphatic heterocycles. The normalized spacial score (nSPS) is 42.0. The zero-order valence-corrected chi connectivity index (χ0v) is 13.3. The van der Waals surface area contributed by atoms with Crippen molar-refractivity contribution >= 4 is 0 Å². The summed E-state index contributed by atoms with van der Waals surface area (Å²) in [5.41, 5.74) is -1.16. The van der Waals surface area contributed by atoms with Crippen LogP contribution in [0.1, 0.15) is 47.5 Å². The second-order valence-electron chi connectivity index (χ2n) is 8.20. The molecule has 0 aromatic rings. The molecule has 118 valence electrons. The van der Waals surface area contributed by atoms with E-state index < -0.39 is 11.7 Å². The van der Waals surface area contributed by atoms with Crippen LogP contribution < -0.4 is 0 Å². The molecule has 3 N–H and O–H groups in total. The molecule has 0 aromatic heterocycles. The molecular formula is C16H30O4. The molecule has 2 rings (SSSR count). The molecule has 0 unspecified atom stereocenters. The lowest BCUT2D eigenvalue weighted by Gasteiger charge is -2.36. The van der Waals surface area contributed by atoms with Gasteiger partial charge in [-0.3, -0.25) is 0 Å². The fourth-order valence-corrected chi connectivity index (χ4v) is 4.19. The average Bonchev–Trinajstić information content (AvgIpc) is 2.74. The third kappa shape index (κ3) is 3.03. The van der Waals surface area contributed by atoms with Gasteiger partial charge < -0.3 is 20.1 Å². The summed E-state index contributed by atoms with van der Waals surface area (Å²) < 4.78 is 6.15. The maximum absolute atomic E-state index is 10.7. The first-order valence-corrected chi connectivity index (χ1v) is 7.73. The van der Waals surface area contributed by atoms with Gasteiger partial charge in [0, 0.05) is 24.4 Å². The number of hydrogen-bond acceptors (Lipinski definition) is 4. The largest absolute Gasteiger partial charge is 0.396 e. The summed E-state index contributed by atoms with van der Waals surface area (Å²) in [5.74, 6) is 0.360. The Bertz CT molecular complexity index is 341. The maximum Gasteiger partial charge on any atom is 0.0687 e. The van der Waals surface area contributed by atoms with E-state index in [2.05, 4.69) is 0 Å². The predicted molar refractivity (Wildman–Crippen MR) is 77.2 cm³/mol. The van der Waals surface area contributed by atoms with Crippen LogP contribution in [0, 0.1) is 23.7 Å². The summed E-state index contributed by atoms with van der Waals surface area (Å²) >= 11 is 0. The van der Waals surface area contributed by atoms with Crippen molar-refractivity contribution in [1.29, 1.82) is 0 Å². The van der Waals surface area contributed by atoms with Gasteiger partial charge in [0.2, 0.25) is 0 Å². The van der Waals surface area contributed by atoms with Gasteiger partial charge in [-0.1, -0.05) is 0 Å². The summed E-state index contributed by atoms with van der Waals surface area (Å²) in [6.45, 7) is 9.65. The van der Waals surface area contributed by atoms with Crippen molar-refractivity contribution in [3.05, 3.63) is 0 Å². The molecule has 0 saturated heterocycles. The van der Waals surface area contributed by atoms with Crippen LogP contribution >= 0.6 is 0 Å². The average molecular weight is 286 g/mol. The quantitative estimate of drug-likeness (QED) is 0.736. The first-order valence-electron chi connectivity index (χ1n) is 7.73. The molecule has 6 atom stereocenters. The Balaban J connectivity index is 2.19. The van der Waals surface area contributed by atoms with Crippen molar-refractivity contribution in [3.8, 4) is 0 Å². The van der Waals surface area contributed by atoms with Crippen molar-refractivity contribution in [1.82, 2.24) is 0 Å². The van der Waals surface area contributed by atoms with E-state index in [-0.39, 0.29) is 36.1 Å². The molecule has 0 radical (unpaired) electrons. The van der Waals surface area contributed by atoms with Crippen LogP contribution in [0.3, 0.4) is 0 Å². The van der Waals surface area contributed by atoms with E-state index in [1.165, 1.54) is 0 Å². The van der Waals surface area contributed by atoms with Crippen molar-refractivity contribution < 1.29 is 20.1 Å². The Morgan fingerprint density at radius 1 is 1.10 bits per heavy atom. The highest BCUT2D eigenvalue weighted by atomic mass is 16.5. The zero-order chi connectivity index (χ0) is 15.3. The molecule has 2 fully saturated rings. The van der Waals surface area contributed by atoms with Crippen LogP contribution in [-0.2, 0) is 4.74 Å². The molecule has 2 aliphatic rings.